The van der Waals surface area contributed by atoms with Gasteiger partial charge in [0.25, 0.3) is 0 Å². The Kier molecular flexibility index (Phi) is 6.15. The summed E-state index contributed by atoms with van der Waals surface area (Å²) in [5.41, 5.74) is 2.85. The molecule has 3 aromatic heterocycles. The van der Waals surface area contributed by atoms with Crippen LogP contribution in [0, 0.1) is 0 Å². The van der Waals surface area contributed by atoms with E-state index in [1.807, 2.05) is 37.3 Å². The zero-order valence-corrected chi connectivity index (χ0v) is 19.2. The van der Waals surface area contributed by atoms with E-state index in [4.69, 9.17) is 0 Å². The first-order valence-electron chi connectivity index (χ1n) is 11.3. The van der Waals surface area contributed by atoms with E-state index < -0.39 is 11.7 Å². The van der Waals surface area contributed by atoms with E-state index in [-0.39, 0.29) is 18.2 Å². The molecule has 0 spiro atoms. The summed E-state index contributed by atoms with van der Waals surface area (Å²) >= 11 is 0. The summed E-state index contributed by atoms with van der Waals surface area (Å²) in [4.78, 5) is 13.7. The molecule has 3 heterocycles. The molecule has 0 saturated carbocycles. The Morgan fingerprint density at radius 3 is 2.53 bits per heavy atom. The van der Waals surface area contributed by atoms with Crippen molar-refractivity contribution in [2.75, 3.05) is 5.32 Å². The fourth-order valence-electron chi connectivity index (χ4n) is 4.12. The van der Waals surface area contributed by atoms with E-state index >= 15 is 0 Å². The maximum atomic E-state index is 13.5. The molecule has 0 unspecified atom stereocenters. The van der Waals surface area contributed by atoms with Crippen LogP contribution >= 0.6 is 0 Å². The van der Waals surface area contributed by atoms with E-state index in [0.717, 1.165) is 17.7 Å². The number of hydrogen-bond donors (Lipinski definition) is 2. The first-order valence-corrected chi connectivity index (χ1v) is 11.3. The van der Waals surface area contributed by atoms with Gasteiger partial charge in [-0.25, -0.2) is 15.0 Å². The van der Waals surface area contributed by atoms with Gasteiger partial charge in [-0.3, -0.25) is 4.40 Å². The van der Waals surface area contributed by atoms with Crippen LogP contribution in [0.5, 0.6) is 0 Å². The molecule has 0 amide bonds. The minimum absolute atomic E-state index is 0.0763. The van der Waals surface area contributed by atoms with Crippen molar-refractivity contribution < 1.29 is 18.3 Å². The summed E-state index contributed by atoms with van der Waals surface area (Å²) in [5, 5.41) is 13.1. The molecule has 36 heavy (non-hydrogen) atoms. The smallest absolute Gasteiger partial charge is 0.392 e. The van der Waals surface area contributed by atoms with Crippen LogP contribution in [0.25, 0.3) is 28.3 Å². The second-order valence-electron chi connectivity index (χ2n) is 8.31. The van der Waals surface area contributed by atoms with Crippen molar-refractivity contribution in [1.82, 2.24) is 19.4 Å². The summed E-state index contributed by atoms with van der Waals surface area (Å²) in [5.74, 6) is 0.368. The topological polar surface area (TPSA) is 75.3 Å². The first kappa shape index (κ1) is 23.5. The molecule has 0 fully saturated rings. The molecule has 0 radical (unpaired) electrons. The largest absolute Gasteiger partial charge is 0.416 e. The van der Waals surface area contributed by atoms with Crippen molar-refractivity contribution in [3.8, 4) is 22.6 Å². The van der Waals surface area contributed by atoms with Crippen LogP contribution < -0.4 is 5.32 Å². The third-order valence-corrected chi connectivity index (χ3v) is 5.91. The Morgan fingerprint density at radius 1 is 0.972 bits per heavy atom. The van der Waals surface area contributed by atoms with Crippen molar-refractivity contribution in [3.05, 3.63) is 102 Å². The number of pyridine rings is 1. The maximum absolute atomic E-state index is 13.5. The van der Waals surface area contributed by atoms with E-state index in [0.29, 0.717) is 34.2 Å². The van der Waals surface area contributed by atoms with Crippen molar-refractivity contribution in [1.29, 1.82) is 0 Å². The molecule has 6 nitrogen and oxygen atoms in total. The number of anilines is 1. The number of aliphatic hydroxyl groups excluding tert-OH is 1. The molecule has 2 aromatic carbocycles. The monoisotopic (exact) mass is 489 g/mol. The predicted molar refractivity (Wildman–Crippen MR) is 131 cm³/mol. The number of aliphatic hydroxyl groups is 1. The van der Waals surface area contributed by atoms with Crippen molar-refractivity contribution in [2.45, 2.75) is 25.7 Å². The standard InChI is InChI=1S/C27H22F3N5O/c1-17(18-7-3-2-4-8-18)32-26-31-13-12-22(33-26)24-23(19-9-5-11-21(15-19)27(28,29)30)34-25-20(16-36)10-6-14-35(24)25/h2-15,17,36H,16H2,1H3,(H,31,32,33)/t17-/m1/s1. The van der Waals surface area contributed by atoms with Crippen LogP contribution in [-0.2, 0) is 12.8 Å². The summed E-state index contributed by atoms with van der Waals surface area (Å²) in [6.07, 6.45) is -1.16. The van der Waals surface area contributed by atoms with Crippen molar-refractivity contribution >= 4 is 11.6 Å². The quantitative estimate of drug-likeness (QED) is 0.300. The molecule has 0 saturated heterocycles. The van der Waals surface area contributed by atoms with Gasteiger partial charge in [0.15, 0.2) is 0 Å². The average Bonchev–Trinajstić information content (AvgIpc) is 3.29. The molecule has 1 atom stereocenters. The fraction of sp³-hybridized carbons (Fsp3) is 0.148. The highest BCUT2D eigenvalue weighted by Gasteiger charge is 2.31. The third kappa shape index (κ3) is 4.52. The Hall–Kier alpha value is -4.24. The van der Waals surface area contributed by atoms with E-state index in [1.165, 1.54) is 6.07 Å². The average molecular weight is 490 g/mol. The highest BCUT2D eigenvalue weighted by molar-refractivity contribution is 5.81. The highest BCUT2D eigenvalue weighted by Crippen LogP contribution is 2.36. The zero-order valence-electron chi connectivity index (χ0n) is 19.2. The van der Waals surface area contributed by atoms with Gasteiger partial charge in [-0.05, 0) is 36.8 Å². The lowest BCUT2D eigenvalue weighted by Gasteiger charge is -2.15. The van der Waals surface area contributed by atoms with Gasteiger partial charge < -0.3 is 10.4 Å². The van der Waals surface area contributed by atoms with Crippen LogP contribution in [0.3, 0.4) is 0 Å². The van der Waals surface area contributed by atoms with Crippen LogP contribution in [0.2, 0.25) is 0 Å². The van der Waals surface area contributed by atoms with Gasteiger partial charge in [-0.1, -0.05) is 48.5 Å². The SMILES string of the molecule is C[C@@H](Nc1nccc(-c2c(-c3cccc(C(F)(F)F)c3)nc3c(CO)cccn23)n1)c1ccccc1. The number of fused-ring (bicyclic) bond motifs is 1. The zero-order chi connectivity index (χ0) is 25.3. The van der Waals surface area contributed by atoms with Crippen LogP contribution in [0.4, 0.5) is 19.1 Å². The number of benzene rings is 2. The summed E-state index contributed by atoms with van der Waals surface area (Å²) < 4.78 is 42.1. The van der Waals surface area contributed by atoms with Crippen LogP contribution in [-0.4, -0.2) is 24.5 Å². The van der Waals surface area contributed by atoms with Gasteiger partial charge in [0, 0.05) is 23.5 Å². The number of halogens is 3. The second kappa shape index (κ2) is 9.43. The van der Waals surface area contributed by atoms with Gasteiger partial charge in [-0.2, -0.15) is 13.2 Å². The Balaban J connectivity index is 1.65. The number of nitrogens with zero attached hydrogens (tertiary/aromatic N) is 4. The fourth-order valence-corrected chi connectivity index (χ4v) is 4.12. The lowest BCUT2D eigenvalue weighted by Crippen LogP contribution is -2.09. The second-order valence-corrected chi connectivity index (χ2v) is 8.31. The van der Waals surface area contributed by atoms with Crippen molar-refractivity contribution in [2.24, 2.45) is 0 Å². The van der Waals surface area contributed by atoms with E-state index in [9.17, 15) is 18.3 Å². The lowest BCUT2D eigenvalue weighted by atomic mass is 10.0. The Morgan fingerprint density at radius 2 is 1.78 bits per heavy atom. The van der Waals surface area contributed by atoms with E-state index in [1.54, 1.807) is 41.1 Å². The third-order valence-electron chi connectivity index (χ3n) is 5.91. The van der Waals surface area contributed by atoms with Gasteiger partial charge in [-0.15, -0.1) is 0 Å². The molecule has 9 heteroatoms. The van der Waals surface area contributed by atoms with Crippen LogP contribution in [0.1, 0.15) is 29.7 Å². The number of rotatable bonds is 6. The van der Waals surface area contributed by atoms with Gasteiger partial charge in [0.05, 0.1) is 35.3 Å². The number of aromatic nitrogens is 4. The minimum Gasteiger partial charge on any atom is -0.392 e. The predicted octanol–water partition coefficient (Wildman–Crippen LogP) is 6.14. The van der Waals surface area contributed by atoms with Gasteiger partial charge in [0.1, 0.15) is 5.65 Å². The molecule has 5 aromatic rings. The number of nitrogens with one attached hydrogen (secondary N) is 1. The van der Waals surface area contributed by atoms with E-state index in [2.05, 4.69) is 20.3 Å². The van der Waals surface area contributed by atoms with Crippen molar-refractivity contribution in [3.63, 3.8) is 0 Å². The normalized spacial score (nSPS) is 12.6. The molecule has 2 N–H and O–H groups in total. The molecule has 5 rings (SSSR count). The molecule has 0 aliphatic rings. The molecule has 0 bridgehead atoms. The van der Waals surface area contributed by atoms with Crippen LogP contribution in [0.15, 0.2) is 85.2 Å². The summed E-state index contributed by atoms with van der Waals surface area (Å²) in [6, 6.07) is 19.9. The lowest BCUT2D eigenvalue weighted by molar-refractivity contribution is -0.137. The highest BCUT2D eigenvalue weighted by atomic mass is 19.4. The molecule has 0 aliphatic heterocycles. The van der Waals surface area contributed by atoms with Gasteiger partial charge >= 0.3 is 6.18 Å². The summed E-state index contributed by atoms with van der Waals surface area (Å²) in [7, 11) is 0. The Bertz CT molecular complexity index is 1520. The molecular weight excluding hydrogens is 467 g/mol. The number of hydrogen-bond acceptors (Lipinski definition) is 5. The first-order chi connectivity index (χ1) is 17.3. The number of imidazole rings is 1. The summed E-state index contributed by atoms with van der Waals surface area (Å²) in [6.45, 7) is 1.72. The maximum Gasteiger partial charge on any atom is 0.416 e. The van der Waals surface area contributed by atoms with Gasteiger partial charge in [0.2, 0.25) is 5.95 Å². The minimum atomic E-state index is -4.49. The molecule has 0 aliphatic carbocycles. The molecule has 182 valence electrons. The Labute approximate surface area is 205 Å². The number of alkyl halides is 3. The molecular formula is C27H22F3N5O.